The second kappa shape index (κ2) is 6.57. The quantitative estimate of drug-likeness (QED) is 0.244. The minimum atomic E-state index is 0.106. The molecule has 0 radical (unpaired) electrons. The van der Waals surface area contributed by atoms with Gasteiger partial charge in [0.2, 0.25) is 0 Å². The Balaban J connectivity index is 1.98. The van der Waals surface area contributed by atoms with Gasteiger partial charge >= 0.3 is 0 Å². The lowest BCUT2D eigenvalue weighted by atomic mass is 9.79. The van der Waals surface area contributed by atoms with Gasteiger partial charge in [-0.1, -0.05) is 102 Å². The first kappa shape index (κ1) is 20.1. The first-order valence-corrected chi connectivity index (χ1v) is 11.4. The zero-order chi connectivity index (χ0) is 22.1. The van der Waals surface area contributed by atoms with Crippen LogP contribution in [0.5, 0.6) is 0 Å². The summed E-state index contributed by atoms with van der Waals surface area (Å²) in [7, 11) is 0. The SMILES string of the molecule is Cc1ccc(-c2cc3cc(C(C)(C)C)cc4ccc5cc(C(C)(C)C)cc2c5c43)cc1. The molecule has 0 nitrogen and oxygen atoms in total. The average Bonchev–Trinajstić information content (AvgIpc) is 2.70. The Morgan fingerprint density at radius 2 is 1.03 bits per heavy atom. The summed E-state index contributed by atoms with van der Waals surface area (Å²) in [6, 6.07) is 25.7. The highest BCUT2D eigenvalue weighted by Crippen LogP contribution is 2.43. The summed E-state index contributed by atoms with van der Waals surface area (Å²) >= 11 is 0. The van der Waals surface area contributed by atoms with Gasteiger partial charge in [0.15, 0.2) is 0 Å². The lowest BCUT2D eigenvalue weighted by Gasteiger charge is -2.25. The van der Waals surface area contributed by atoms with Gasteiger partial charge in [-0.3, -0.25) is 0 Å². The van der Waals surface area contributed by atoms with E-state index in [-0.39, 0.29) is 10.8 Å². The summed E-state index contributed by atoms with van der Waals surface area (Å²) in [5, 5.41) is 8.21. The molecule has 0 N–H and O–H groups in total. The molecule has 0 spiro atoms. The Morgan fingerprint density at radius 3 is 1.61 bits per heavy atom. The van der Waals surface area contributed by atoms with Crippen LogP contribution in [0.4, 0.5) is 0 Å². The molecule has 0 heteroatoms. The van der Waals surface area contributed by atoms with E-state index in [9.17, 15) is 0 Å². The maximum atomic E-state index is 2.44. The van der Waals surface area contributed by atoms with E-state index in [4.69, 9.17) is 0 Å². The van der Waals surface area contributed by atoms with E-state index >= 15 is 0 Å². The second-order valence-corrected chi connectivity index (χ2v) is 11.3. The van der Waals surface area contributed by atoms with Crippen molar-refractivity contribution in [1.29, 1.82) is 0 Å². The van der Waals surface area contributed by atoms with Crippen LogP contribution in [0.2, 0.25) is 0 Å². The van der Waals surface area contributed by atoms with Crippen LogP contribution in [-0.2, 0) is 10.8 Å². The van der Waals surface area contributed by atoms with Crippen molar-refractivity contribution in [2.75, 3.05) is 0 Å². The third-order valence-corrected chi connectivity index (χ3v) is 6.75. The molecule has 5 rings (SSSR count). The molecule has 0 unspecified atom stereocenters. The highest BCUT2D eigenvalue weighted by Gasteiger charge is 2.21. The zero-order valence-electron chi connectivity index (χ0n) is 19.9. The molecule has 0 aliphatic rings. The largest absolute Gasteiger partial charge is 0.0587 e. The van der Waals surface area contributed by atoms with Gasteiger partial charge in [-0.2, -0.15) is 0 Å². The summed E-state index contributed by atoms with van der Waals surface area (Å²) in [6.45, 7) is 16.0. The first-order chi connectivity index (χ1) is 14.5. The highest BCUT2D eigenvalue weighted by atomic mass is 14.3. The number of hydrogen-bond donors (Lipinski definition) is 0. The van der Waals surface area contributed by atoms with E-state index in [0.717, 1.165) is 0 Å². The maximum absolute atomic E-state index is 2.44. The van der Waals surface area contributed by atoms with E-state index in [1.54, 1.807) is 0 Å². The molecule has 0 atom stereocenters. The van der Waals surface area contributed by atoms with Crippen molar-refractivity contribution in [1.82, 2.24) is 0 Å². The molecule has 156 valence electrons. The van der Waals surface area contributed by atoms with Gasteiger partial charge in [-0.25, -0.2) is 0 Å². The lowest BCUT2D eigenvalue weighted by Crippen LogP contribution is -2.12. The van der Waals surface area contributed by atoms with Crippen LogP contribution in [0.15, 0.2) is 66.7 Å². The van der Waals surface area contributed by atoms with Gasteiger partial charge in [-0.15, -0.1) is 0 Å². The van der Waals surface area contributed by atoms with Crippen LogP contribution in [0.1, 0.15) is 58.2 Å². The molecule has 0 aliphatic carbocycles. The molecule has 0 aromatic heterocycles. The number of benzene rings is 5. The van der Waals surface area contributed by atoms with Gasteiger partial charge in [0.05, 0.1) is 0 Å². The van der Waals surface area contributed by atoms with E-state index < -0.39 is 0 Å². The van der Waals surface area contributed by atoms with Gasteiger partial charge in [-0.05, 0) is 84.5 Å². The van der Waals surface area contributed by atoms with E-state index in [1.165, 1.54) is 60.1 Å². The summed E-state index contributed by atoms with van der Waals surface area (Å²) in [6.07, 6.45) is 0. The molecule has 0 aliphatic heterocycles. The summed E-state index contributed by atoms with van der Waals surface area (Å²) in [5.41, 5.74) is 6.93. The summed E-state index contributed by atoms with van der Waals surface area (Å²) in [5.74, 6) is 0. The van der Waals surface area contributed by atoms with Crippen LogP contribution in [-0.4, -0.2) is 0 Å². The number of aryl methyl sites for hydroxylation is 1. The molecule has 31 heavy (non-hydrogen) atoms. The standard InChI is InChI=1S/C31H32/c1-19-8-10-20(11-9-19)26-17-23-16-24(30(2,3)4)14-21-12-13-22-15-25(31(5,6)7)18-27(26)29(22)28(21)23/h8-18H,1-7H3. The van der Waals surface area contributed by atoms with Crippen molar-refractivity contribution in [2.45, 2.75) is 59.3 Å². The van der Waals surface area contributed by atoms with Crippen molar-refractivity contribution in [3.8, 4) is 11.1 Å². The normalized spacial score (nSPS) is 13.0. The Labute approximate surface area is 186 Å². The Kier molecular flexibility index (Phi) is 4.25. The Bertz CT molecular complexity index is 1420. The predicted molar refractivity (Wildman–Crippen MR) is 138 cm³/mol. The molecule has 5 aromatic rings. The van der Waals surface area contributed by atoms with Gasteiger partial charge in [0, 0.05) is 0 Å². The molecule has 0 heterocycles. The lowest BCUT2D eigenvalue weighted by molar-refractivity contribution is 0.591. The average molecular weight is 405 g/mol. The summed E-state index contributed by atoms with van der Waals surface area (Å²) < 4.78 is 0. The van der Waals surface area contributed by atoms with Crippen LogP contribution < -0.4 is 0 Å². The molecule has 0 saturated heterocycles. The van der Waals surface area contributed by atoms with E-state index in [0.29, 0.717) is 0 Å². The molecular formula is C31H32. The molecule has 5 aromatic carbocycles. The van der Waals surface area contributed by atoms with Crippen molar-refractivity contribution in [3.05, 3.63) is 83.4 Å². The predicted octanol–water partition coefficient (Wildman–Crippen LogP) is 9.15. The highest BCUT2D eigenvalue weighted by molar-refractivity contribution is 6.26. The Morgan fingerprint density at radius 1 is 0.516 bits per heavy atom. The van der Waals surface area contributed by atoms with E-state index in [1.807, 2.05) is 0 Å². The monoisotopic (exact) mass is 404 g/mol. The van der Waals surface area contributed by atoms with Crippen molar-refractivity contribution in [3.63, 3.8) is 0 Å². The second-order valence-electron chi connectivity index (χ2n) is 11.3. The maximum Gasteiger partial charge on any atom is -0.00204 e. The van der Waals surface area contributed by atoms with Gasteiger partial charge in [0.1, 0.15) is 0 Å². The minimum absolute atomic E-state index is 0.106. The molecule has 0 saturated carbocycles. The fourth-order valence-corrected chi connectivity index (χ4v) is 4.76. The van der Waals surface area contributed by atoms with Crippen LogP contribution in [0.3, 0.4) is 0 Å². The van der Waals surface area contributed by atoms with Gasteiger partial charge < -0.3 is 0 Å². The molecule has 0 bridgehead atoms. The first-order valence-electron chi connectivity index (χ1n) is 11.4. The van der Waals surface area contributed by atoms with Gasteiger partial charge in [0.25, 0.3) is 0 Å². The Hall–Kier alpha value is -2.86. The molecule has 0 fully saturated rings. The minimum Gasteiger partial charge on any atom is -0.0587 e. The van der Waals surface area contributed by atoms with Crippen LogP contribution in [0.25, 0.3) is 43.4 Å². The number of rotatable bonds is 1. The number of hydrogen-bond acceptors (Lipinski definition) is 0. The fourth-order valence-electron chi connectivity index (χ4n) is 4.76. The summed E-state index contributed by atoms with van der Waals surface area (Å²) in [4.78, 5) is 0. The zero-order valence-corrected chi connectivity index (χ0v) is 19.9. The molecular weight excluding hydrogens is 372 g/mol. The smallest absolute Gasteiger partial charge is 0.00204 e. The topological polar surface area (TPSA) is 0 Å². The fraction of sp³-hybridized carbons (Fsp3) is 0.290. The van der Waals surface area contributed by atoms with Crippen molar-refractivity contribution in [2.24, 2.45) is 0 Å². The van der Waals surface area contributed by atoms with Crippen LogP contribution in [0, 0.1) is 6.92 Å². The van der Waals surface area contributed by atoms with Crippen molar-refractivity contribution < 1.29 is 0 Å². The third kappa shape index (κ3) is 3.30. The third-order valence-electron chi connectivity index (χ3n) is 6.75. The van der Waals surface area contributed by atoms with E-state index in [2.05, 4.69) is 115 Å². The van der Waals surface area contributed by atoms with Crippen molar-refractivity contribution >= 4 is 32.3 Å². The van der Waals surface area contributed by atoms with Crippen LogP contribution >= 0.6 is 0 Å². The molecule has 0 amide bonds.